The van der Waals surface area contributed by atoms with Crippen LogP contribution in [-0.2, 0) is 12.3 Å². The zero-order chi connectivity index (χ0) is 16.4. The number of halogens is 1. The highest BCUT2D eigenvalue weighted by Gasteiger charge is 2.15. The van der Waals surface area contributed by atoms with Gasteiger partial charge in [-0.15, -0.1) is 6.42 Å². The zero-order valence-electron chi connectivity index (χ0n) is 13.1. The van der Waals surface area contributed by atoms with Gasteiger partial charge in [-0.05, 0) is 43.2 Å². The summed E-state index contributed by atoms with van der Waals surface area (Å²) in [6.45, 7) is 4.81. The van der Waals surface area contributed by atoms with Gasteiger partial charge in [0.05, 0.1) is 12.1 Å². The fraction of sp³-hybridized carbons (Fsp3) is 0.211. The van der Waals surface area contributed by atoms with Crippen molar-refractivity contribution in [1.29, 1.82) is 0 Å². The Morgan fingerprint density at radius 2 is 1.96 bits per heavy atom. The first-order valence-corrected chi connectivity index (χ1v) is 8.73. The number of benzene rings is 1. The second kappa shape index (κ2) is 6.70. The highest BCUT2D eigenvalue weighted by atomic mass is 35.5. The van der Waals surface area contributed by atoms with Crippen molar-refractivity contribution in [3.63, 3.8) is 0 Å². The monoisotopic (exact) mass is 340 g/mol. The summed E-state index contributed by atoms with van der Waals surface area (Å²) in [4.78, 5) is 4.58. The molecule has 4 heteroatoms. The lowest BCUT2D eigenvalue weighted by Gasteiger charge is -2.08. The fourth-order valence-corrected chi connectivity index (χ4v) is 3.80. The molecule has 0 N–H and O–H groups in total. The van der Waals surface area contributed by atoms with Crippen molar-refractivity contribution in [3.8, 4) is 12.3 Å². The van der Waals surface area contributed by atoms with Gasteiger partial charge in [0.15, 0.2) is 0 Å². The van der Waals surface area contributed by atoms with E-state index in [-0.39, 0.29) is 0 Å². The van der Waals surface area contributed by atoms with Crippen molar-refractivity contribution in [2.75, 3.05) is 0 Å². The van der Waals surface area contributed by atoms with Crippen LogP contribution in [0.15, 0.2) is 41.6 Å². The molecule has 2 aromatic heterocycles. The number of aryl methyl sites for hydroxylation is 1. The smallest absolute Gasteiger partial charge is 0.121 e. The van der Waals surface area contributed by atoms with Crippen molar-refractivity contribution in [2.45, 2.75) is 31.2 Å². The Morgan fingerprint density at radius 3 is 2.65 bits per heavy atom. The minimum atomic E-state index is 0.566. The number of hydrogen-bond donors (Lipinski definition) is 0. The molecule has 1 aromatic carbocycles. The maximum Gasteiger partial charge on any atom is 0.121 e. The molecule has 116 valence electrons. The molecule has 0 atom stereocenters. The first-order chi connectivity index (χ1) is 11.1. The van der Waals surface area contributed by atoms with E-state index in [1.165, 1.54) is 22.2 Å². The van der Waals surface area contributed by atoms with E-state index in [4.69, 9.17) is 18.0 Å². The lowest BCUT2D eigenvalue weighted by Crippen LogP contribution is -1.99. The van der Waals surface area contributed by atoms with Crippen LogP contribution in [0, 0.1) is 26.2 Å². The van der Waals surface area contributed by atoms with Gasteiger partial charge in [0.2, 0.25) is 0 Å². The standard InChI is InChI=1S/C19H17ClN2S/c1-4-11-22-14(3)13(2)17-9-10-21-19(18(17)22)23-12-15-5-7-16(20)8-6-15/h1,5-10H,11-12H2,2-3H3. The summed E-state index contributed by atoms with van der Waals surface area (Å²) in [7, 11) is 0. The van der Waals surface area contributed by atoms with Gasteiger partial charge in [-0.1, -0.05) is 41.4 Å². The Labute approximate surface area is 145 Å². The molecule has 0 amide bonds. The largest absolute Gasteiger partial charge is 0.331 e. The van der Waals surface area contributed by atoms with E-state index in [0.717, 1.165) is 21.3 Å². The van der Waals surface area contributed by atoms with E-state index in [2.05, 4.69) is 35.4 Å². The van der Waals surface area contributed by atoms with Crippen molar-refractivity contribution < 1.29 is 0 Å². The Balaban J connectivity index is 1.99. The molecule has 0 fully saturated rings. The van der Waals surface area contributed by atoms with Gasteiger partial charge in [0, 0.05) is 28.1 Å². The van der Waals surface area contributed by atoms with E-state index in [9.17, 15) is 0 Å². The van der Waals surface area contributed by atoms with E-state index >= 15 is 0 Å². The zero-order valence-corrected chi connectivity index (χ0v) is 14.7. The molecule has 0 aliphatic heterocycles. The number of pyridine rings is 1. The quantitative estimate of drug-likeness (QED) is 0.478. The fourth-order valence-electron chi connectivity index (χ4n) is 2.69. The van der Waals surface area contributed by atoms with Crippen LogP contribution >= 0.6 is 23.4 Å². The van der Waals surface area contributed by atoms with Gasteiger partial charge in [-0.3, -0.25) is 0 Å². The topological polar surface area (TPSA) is 17.8 Å². The highest BCUT2D eigenvalue weighted by Crippen LogP contribution is 2.33. The normalized spacial score (nSPS) is 10.9. The predicted molar refractivity (Wildman–Crippen MR) is 99.1 cm³/mol. The molecular formula is C19H17ClN2S. The molecule has 3 aromatic rings. The molecule has 2 heterocycles. The molecule has 0 radical (unpaired) electrons. The summed E-state index contributed by atoms with van der Waals surface area (Å²) in [6.07, 6.45) is 7.42. The number of fused-ring (bicyclic) bond motifs is 1. The average Bonchev–Trinajstić information content (AvgIpc) is 2.80. The molecule has 0 unspecified atom stereocenters. The molecule has 0 saturated carbocycles. The Bertz CT molecular complexity index is 888. The van der Waals surface area contributed by atoms with E-state index < -0.39 is 0 Å². The summed E-state index contributed by atoms with van der Waals surface area (Å²) in [6, 6.07) is 10.00. The molecule has 0 aliphatic carbocycles. The lowest BCUT2D eigenvalue weighted by molar-refractivity contribution is 0.829. The third kappa shape index (κ3) is 3.10. The van der Waals surface area contributed by atoms with Gasteiger partial charge in [0.1, 0.15) is 5.03 Å². The van der Waals surface area contributed by atoms with Crippen LogP contribution in [0.1, 0.15) is 16.8 Å². The van der Waals surface area contributed by atoms with Crippen LogP contribution in [0.2, 0.25) is 5.02 Å². The van der Waals surface area contributed by atoms with Gasteiger partial charge >= 0.3 is 0 Å². The third-order valence-corrected chi connectivity index (χ3v) is 5.35. The minimum Gasteiger partial charge on any atom is -0.331 e. The first-order valence-electron chi connectivity index (χ1n) is 7.37. The average molecular weight is 341 g/mol. The van der Waals surface area contributed by atoms with Gasteiger partial charge in [-0.25, -0.2) is 4.98 Å². The predicted octanol–water partition coefficient (Wildman–Crippen LogP) is 5.23. The second-order valence-electron chi connectivity index (χ2n) is 5.43. The maximum atomic E-state index is 5.94. The van der Waals surface area contributed by atoms with Crippen LogP contribution < -0.4 is 0 Å². The number of thioether (sulfide) groups is 1. The SMILES string of the molecule is C#CCn1c(C)c(C)c2ccnc(SCc3ccc(Cl)cc3)c21. The number of rotatable bonds is 4. The van der Waals surface area contributed by atoms with Gasteiger partial charge in [-0.2, -0.15) is 0 Å². The molecule has 23 heavy (non-hydrogen) atoms. The molecule has 0 spiro atoms. The van der Waals surface area contributed by atoms with Crippen molar-refractivity contribution in [1.82, 2.24) is 9.55 Å². The Hall–Kier alpha value is -1.89. The molecule has 3 rings (SSSR count). The molecular weight excluding hydrogens is 324 g/mol. The van der Waals surface area contributed by atoms with Crippen LogP contribution in [0.4, 0.5) is 0 Å². The van der Waals surface area contributed by atoms with Crippen LogP contribution in [0.25, 0.3) is 10.9 Å². The Morgan fingerprint density at radius 1 is 1.22 bits per heavy atom. The maximum absolute atomic E-state index is 5.94. The lowest BCUT2D eigenvalue weighted by atomic mass is 10.2. The third-order valence-electron chi connectivity index (χ3n) is 4.05. The van der Waals surface area contributed by atoms with E-state index in [1.54, 1.807) is 11.8 Å². The van der Waals surface area contributed by atoms with Crippen molar-refractivity contribution in [3.05, 3.63) is 58.4 Å². The number of nitrogens with zero attached hydrogens (tertiary/aromatic N) is 2. The molecule has 0 saturated heterocycles. The van der Waals surface area contributed by atoms with Crippen LogP contribution in [0.5, 0.6) is 0 Å². The van der Waals surface area contributed by atoms with Gasteiger partial charge < -0.3 is 4.57 Å². The summed E-state index contributed by atoms with van der Waals surface area (Å²) in [5.41, 5.74) is 4.84. The van der Waals surface area contributed by atoms with E-state index in [0.29, 0.717) is 6.54 Å². The number of hydrogen-bond acceptors (Lipinski definition) is 2. The summed E-state index contributed by atoms with van der Waals surface area (Å²) >= 11 is 7.67. The minimum absolute atomic E-state index is 0.566. The van der Waals surface area contributed by atoms with Crippen LogP contribution in [-0.4, -0.2) is 9.55 Å². The molecule has 0 bridgehead atoms. The highest BCUT2D eigenvalue weighted by molar-refractivity contribution is 7.98. The van der Waals surface area contributed by atoms with Crippen molar-refractivity contribution in [2.24, 2.45) is 0 Å². The summed E-state index contributed by atoms with van der Waals surface area (Å²) in [5, 5.41) is 3.00. The van der Waals surface area contributed by atoms with Crippen molar-refractivity contribution >= 4 is 34.3 Å². The number of aromatic nitrogens is 2. The summed E-state index contributed by atoms with van der Waals surface area (Å²) < 4.78 is 2.18. The molecule has 2 nitrogen and oxygen atoms in total. The summed E-state index contributed by atoms with van der Waals surface area (Å²) in [5.74, 6) is 3.60. The van der Waals surface area contributed by atoms with E-state index in [1.807, 2.05) is 30.5 Å². The van der Waals surface area contributed by atoms with Crippen LogP contribution in [0.3, 0.4) is 0 Å². The Kier molecular flexibility index (Phi) is 4.66. The number of terminal acetylenes is 1. The first kappa shape index (κ1) is 16.0. The van der Waals surface area contributed by atoms with Gasteiger partial charge in [0.25, 0.3) is 0 Å². The second-order valence-corrected chi connectivity index (χ2v) is 6.83. The molecule has 0 aliphatic rings.